The molecule has 0 saturated heterocycles. The van der Waals surface area contributed by atoms with Crippen molar-refractivity contribution in [3.8, 4) is 11.5 Å². The molecule has 5 aromatic rings. The fourth-order valence-electron chi connectivity index (χ4n) is 3.81. The molecular formula is C24H18FN3O5. The number of carbonyl (C=O) groups is 1. The van der Waals surface area contributed by atoms with Crippen LogP contribution in [0.25, 0.3) is 32.6 Å². The monoisotopic (exact) mass is 447 g/mol. The molecule has 3 aromatic carbocycles. The highest BCUT2D eigenvalue weighted by Crippen LogP contribution is 2.35. The lowest BCUT2D eigenvalue weighted by atomic mass is 10.0. The maximum atomic E-state index is 15.3. The van der Waals surface area contributed by atoms with Crippen LogP contribution >= 0.6 is 0 Å². The number of nitrogens with two attached hydrogens (primary N) is 1. The first-order valence-electron chi connectivity index (χ1n) is 10.1. The average Bonchev–Trinajstić information content (AvgIpc) is 3.12. The normalized spacial score (nSPS) is 11.5. The largest absolute Gasteiger partial charge is 0.453 e. The van der Waals surface area contributed by atoms with Gasteiger partial charge in [0.1, 0.15) is 5.75 Å². The number of amides is 1. The van der Waals surface area contributed by atoms with Crippen LogP contribution in [-0.2, 0) is 11.3 Å². The number of methoxy groups -OCH3 is 1. The summed E-state index contributed by atoms with van der Waals surface area (Å²) in [6.45, 7) is 0.595. The molecule has 0 radical (unpaired) electrons. The summed E-state index contributed by atoms with van der Waals surface area (Å²) in [5.74, 6) is -1.00. The summed E-state index contributed by atoms with van der Waals surface area (Å²) < 4.78 is 33.0. The van der Waals surface area contributed by atoms with Crippen LogP contribution in [0.3, 0.4) is 0 Å². The first-order valence-corrected chi connectivity index (χ1v) is 10.1. The van der Waals surface area contributed by atoms with Crippen molar-refractivity contribution < 1.29 is 23.2 Å². The van der Waals surface area contributed by atoms with Gasteiger partial charge in [-0.1, -0.05) is 12.1 Å². The van der Waals surface area contributed by atoms with E-state index in [0.717, 1.165) is 0 Å². The molecule has 2 aromatic heterocycles. The lowest BCUT2D eigenvalue weighted by molar-refractivity contribution is 0.100. The van der Waals surface area contributed by atoms with Gasteiger partial charge in [0.2, 0.25) is 5.91 Å². The number of primary amides is 1. The van der Waals surface area contributed by atoms with Crippen LogP contribution in [0.15, 0.2) is 64.0 Å². The number of hydrogen-bond donors (Lipinski definition) is 1. The molecule has 0 aliphatic rings. The molecule has 0 saturated carbocycles. The zero-order valence-electron chi connectivity index (χ0n) is 17.5. The molecule has 8 nitrogen and oxygen atoms in total. The molecular weight excluding hydrogens is 429 g/mol. The van der Waals surface area contributed by atoms with E-state index in [1.54, 1.807) is 36.4 Å². The van der Waals surface area contributed by atoms with Gasteiger partial charge in [-0.25, -0.2) is 4.39 Å². The molecule has 0 bridgehead atoms. The molecule has 2 N–H and O–H groups in total. The number of nitrogens with zero attached hydrogens (tertiary/aromatic N) is 2. The van der Waals surface area contributed by atoms with Crippen molar-refractivity contribution in [1.29, 1.82) is 0 Å². The number of ether oxygens (including phenoxy) is 2. The van der Waals surface area contributed by atoms with E-state index in [9.17, 15) is 9.59 Å². The van der Waals surface area contributed by atoms with Gasteiger partial charge >= 0.3 is 0 Å². The Labute approximate surface area is 185 Å². The predicted octanol–water partition coefficient (Wildman–Crippen LogP) is 3.97. The number of aromatic nitrogens is 2. The summed E-state index contributed by atoms with van der Waals surface area (Å²) in [5.41, 5.74) is 6.21. The van der Waals surface area contributed by atoms with Crippen LogP contribution in [-0.4, -0.2) is 29.3 Å². The summed E-state index contributed by atoms with van der Waals surface area (Å²) in [5, 5.41) is 1.47. The number of rotatable bonds is 6. The van der Waals surface area contributed by atoms with Crippen molar-refractivity contribution in [2.24, 2.45) is 5.73 Å². The highest BCUT2D eigenvalue weighted by atomic mass is 19.1. The topological polar surface area (TPSA) is 110 Å². The summed E-state index contributed by atoms with van der Waals surface area (Å²) in [7, 11) is 1.54. The zero-order valence-corrected chi connectivity index (χ0v) is 17.5. The van der Waals surface area contributed by atoms with Gasteiger partial charge in [-0.15, -0.1) is 0 Å². The Hall–Kier alpha value is -4.24. The van der Waals surface area contributed by atoms with Crippen LogP contribution in [0, 0.1) is 5.82 Å². The summed E-state index contributed by atoms with van der Waals surface area (Å²) in [4.78, 5) is 28.7. The van der Waals surface area contributed by atoms with Crippen molar-refractivity contribution in [2.45, 2.75) is 6.54 Å². The molecule has 0 aliphatic carbocycles. The minimum absolute atomic E-state index is 0.0404. The lowest BCUT2D eigenvalue weighted by Crippen LogP contribution is -2.16. The Balaban J connectivity index is 1.62. The first-order chi connectivity index (χ1) is 16.0. The predicted molar refractivity (Wildman–Crippen MR) is 120 cm³/mol. The van der Waals surface area contributed by atoms with Crippen LogP contribution in [0.2, 0.25) is 0 Å². The van der Waals surface area contributed by atoms with Gasteiger partial charge in [0.25, 0.3) is 5.56 Å². The van der Waals surface area contributed by atoms with Crippen LogP contribution < -0.4 is 16.0 Å². The Kier molecular flexibility index (Phi) is 5.02. The van der Waals surface area contributed by atoms with E-state index in [2.05, 4.69) is 4.98 Å². The Morgan fingerprint density at radius 3 is 2.73 bits per heavy atom. The second-order valence-corrected chi connectivity index (χ2v) is 7.41. The average molecular weight is 447 g/mol. The number of carbonyl (C=O) groups excluding carboxylic acids is 1. The van der Waals surface area contributed by atoms with Crippen LogP contribution in [0.5, 0.6) is 11.5 Å². The van der Waals surface area contributed by atoms with E-state index in [1.807, 2.05) is 0 Å². The molecule has 0 atom stereocenters. The quantitative estimate of drug-likeness (QED) is 0.422. The number of hydrogen-bond acceptors (Lipinski definition) is 6. The first kappa shape index (κ1) is 20.7. The molecule has 0 unspecified atom stereocenters. The minimum Gasteiger partial charge on any atom is -0.453 e. The van der Waals surface area contributed by atoms with E-state index in [-0.39, 0.29) is 28.8 Å². The third-order valence-electron chi connectivity index (χ3n) is 5.41. The second kappa shape index (κ2) is 8.03. The smallest absolute Gasteiger partial charge is 0.290 e. The highest BCUT2D eigenvalue weighted by Gasteiger charge is 2.17. The van der Waals surface area contributed by atoms with E-state index < -0.39 is 11.7 Å². The van der Waals surface area contributed by atoms with Gasteiger partial charge in [0, 0.05) is 35.7 Å². The molecule has 9 heteroatoms. The van der Waals surface area contributed by atoms with Gasteiger partial charge in [-0.3, -0.25) is 14.6 Å². The Morgan fingerprint density at radius 1 is 1.09 bits per heavy atom. The van der Waals surface area contributed by atoms with E-state index in [4.69, 9.17) is 19.7 Å². The number of benzene rings is 3. The summed E-state index contributed by atoms with van der Waals surface area (Å²) in [6, 6.07) is 12.5. The fraction of sp³-hybridized carbons (Fsp3) is 0.125. The van der Waals surface area contributed by atoms with E-state index >= 15 is 4.39 Å². The molecule has 0 spiro atoms. The maximum absolute atomic E-state index is 15.3. The van der Waals surface area contributed by atoms with Crippen molar-refractivity contribution in [3.05, 3.63) is 76.5 Å². The number of pyridine rings is 1. The second-order valence-electron chi connectivity index (χ2n) is 7.41. The summed E-state index contributed by atoms with van der Waals surface area (Å²) in [6.07, 6.45) is 1.52. The van der Waals surface area contributed by atoms with Crippen molar-refractivity contribution in [3.63, 3.8) is 0 Å². The van der Waals surface area contributed by atoms with Gasteiger partial charge in [-0.05, 0) is 35.7 Å². The number of halogens is 1. The van der Waals surface area contributed by atoms with Gasteiger partial charge in [-0.2, -0.15) is 4.74 Å². The zero-order chi connectivity index (χ0) is 23.1. The Bertz CT molecular complexity index is 1610. The fourth-order valence-corrected chi connectivity index (χ4v) is 3.81. The molecule has 0 fully saturated rings. The van der Waals surface area contributed by atoms with Gasteiger partial charge in [0.15, 0.2) is 17.1 Å². The van der Waals surface area contributed by atoms with Crippen molar-refractivity contribution in [2.75, 3.05) is 13.7 Å². The molecule has 1 amide bonds. The standard InChI is InChI=1S/C24H18FN3O5/c1-31-10-9-28-24(30)17-11-16-18(12-21(17)33-28)27-8-7-19(16)32-20-6-5-13-14(22(20)25)3-2-4-15(13)23(26)29/h2-8,11-12H,9-10H2,1H3,(H2,26,29). The van der Waals surface area contributed by atoms with Gasteiger partial charge in [0.05, 0.1) is 24.1 Å². The summed E-state index contributed by atoms with van der Waals surface area (Å²) >= 11 is 0. The third-order valence-corrected chi connectivity index (χ3v) is 5.41. The number of fused-ring (bicyclic) bond motifs is 3. The third kappa shape index (κ3) is 3.48. The van der Waals surface area contributed by atoms with Crippen molar-refractivity contribution >= 4 is 38.6 Å². The molecule has 33 heavy (non-hydrogen) atoms. The van der Waals surface area contributed by atoms with E-state index in [0.29, 0.717) is 39.6 Å². The van der Waals surface area contributed by atoms with Crippen LogP contribution in [0.4, 0.5) is 4.39 Å². The minimum atomic E-state index is -0.644. The van der Waals surface area contributed by atoms with E-state index in [1.165, 1.54) is 30.2 Å². The highest BCUT2D eigenvalue weighted by molar-refractivity contribution is 6.06. The van der Waals surface area contributed by atoms with Crippen LogP contribution in [0.1, 0.15) is 10.4 Å². The van der Waals surface area contributed by atoms with Crippen molar-refractivity contribution in [1.82, 2.24) is 9.72 Å². The maximum Gasteiger partial charge on any atom is 0.290 e. The molecule has 2 heterocycles. The van der Waals surface area contributed by atoms with Gasteiger partial charge < -0.3 is 19.7 Å². The molecule has 166 valence electrons. The SMILES string of the molecule is COCCn1oc2cc3nccc(Oc4ccc5c(C(N)=O)cccc5c4F)c3cc2c1=O. The molecule has 5 rings (SSSR count). The Morgan fingerprint density at radius 2 is 1.94 bits per heavy atom. The molecule has 0 aliphatic heterocycles. The lowest BCUT2D eigenvalue weighted by Gasteiger charge is -2.12.